The van der Waals surface area contributed by atoms with Crippen molar-refractivity contribution in [2.24, 2.45) is 5.92 Å². The Labute approximate surface area is 250 Å². The van der Waals surface area contributed by atoms with Gasteiger partial charge in [0.2, 0.25) is 6.79 Å². The topological polar surface area (TPSA) is 80.0 Å². The Hall–Kier alpha value is -3.30. The Kier molecular flexibility index (Phi) is 8.86. The van der Waals surface area contributed by atoms with Crippen molar-refractivity contribution in [1.82, 2.24) is 14.5 Å². The molecule has 0 spiro atoms. The van der Waals surface area contributed by atoms with Gasteiger partial charge in [-0.3, -0.25) is 14.0 Å². The number of unbranched alkanes of at least 4 members (excludes halogenated alkanes) is 1. The third kappa shape index (κ3) is 6.68. The first-order valence-electron chi connectivity index (χ1n) is 15.0. The SMILES string of the molecule is CCCCn1c(-c2ccccc2)nc(-c2ccccc2)c1CN(Cc1ccc2c(c1)OCO2)CC1CCS(O)(O)CC1. The average molecular weight is 588 g/mol. The molecule has 7 nitrogen and oxygen atoms in total. The van der Waals surface area contributed by atoms with Crippen molar-refractivity contribution in [2.45, 2.75) is 52.2 Å². The van der Waals surface area contributed by atoms with Crippen LogP contribution < -0.4 is 9.47 Å². The number of nitrogens with zero attached hydrogens (tertiary/aromatic N) is 3. The first-order valence-corrected chi connectivity index (χ1v) is 16.9. The minimum Gasteiger partial charge on any atom is -0.454 e. The first-order chi connectivity index (χ1) is 20.5. The summed E-state index contributed by atoms with van der Waals surface area (Å²) in [5.41, 5.74) is 5.66. The molecule has 6 rings (SSSR count). The Bertz CT molecular complexity index is 1470. The second-order valence-electron chi connectivity index (χ2n) is 11.5. The van der Waals surface area contributed by atoms with Gasteiger partial charge in [0.15, 0.2) is 11.5 Å². The number of imidazole rings is 1. The van der Waals surface area contributed by atoms with Crippen molar-refractivity contribution in [3.05, 3.63) is 90.1 Å². The standard InChI is InChI=1S/C34H41N3O4S/c1-2-3-18-37-30(33(28-10-6-4-7-11-28)35-34(37)29-12-8-5-9-13-29)24-36(22-26-16-19-42(38,39)20-17-26)23-27-14-15-31-32(21-27)41-25-40-31/h4-15,21,26,38-39H,2-3,16-20,22-25H2,1H3. The predicted octanol–water partition coefficient (Wildman–Crippen LogP) is 7.91. The number of hydrogen-bond acceptors (Lipinski definition) is 6. The van der Waals surface area contributed by atoms with E-state index in [1.54, 1.807) is 0 Å². The monoisotopic (exact) mass is 587 g/mol. The fraction of sp³-hybridized carbons (Fsp3) is 0.382. The maximum absolute atomic E-state index is 10.3. The summed E-state index contributed by atoms with van der Waals surface area (Å²) in [5, 5.41) is 0. The minimum atomic E-state index is -2.43. The fourth-order valence-electron chi connectivity index (χ4n) is 6.04. The summed E-state index contributed by atoms with van der Waals surface area (Å²) in [4.78, 5) is 7.83. The molecule has 8 heteroatoms. The molecule has 2 N–H and O–H groups in total. The van der Waals surface area contributed by atoms with Crippen LogP contribution in [-0.4, -0.2) is 48.4 Å². The van der Waals surface area contributed by atoms with Crippen LogP contribution in [-0.2, 0) is 19.6 Å². The van der Waals surface area contributed by atoms with E-state index in [0.717, 1.165) is 86.0 Å². The molecular formula is C34H41N3O4S. The summed E-state index contributed by atoms with van der Waals surface area (Å²) in [6.07, 6.45) is 3.83. The van der Waals surface area contributed by atoms with E-state index < -0.39 is 10.6 Å². The minimum absolute atomic E-state index is 0.260. The first kappa shape index (κ1) is 28.8. The molecule has 1 fully saturated rings. The number of aromatic nitrogens is 2. The van der Waals surface area contributed by atoms with E-state index in [9.17, 15) is 9.11 Å². The lowest BCUT2D eigenvalue weighted by atomic mass is 10.0. The molecule has 0 radical (unpaired) electrons. The number of ether oxygens (including phenoxy) is 2. The molecule has 42 heavy (non-hydrogen) atoms. The summed E-state index contributed by atoms with van der Waals surface area (Å²) in [5.74, 6) is 3.99. The molecule has 0 bridgehead atoms. The lowest BCUT2D eigenvalue weighted by molar-refractivity contribution is 0.173. The van der Waals surface area contributed by atoms with E-state index in [1.807, 2.05) is 12.1 Å². The van der Waals surface area contributed by atoms with Gasteiger partial charge in [-0.05, 0) is 42.9 Å². The molecule has 222 valence electrons. The van der Waals surface area contributed by atoms with Gasteiger partial charge >= 0.3 is 0 Å². The second-order valence-corrected chi connectivity index (χ2v) is 13.9. The number of hydrogen-bond donors (Lipinski definition) is 2. The van der Waals surface area contributed by atoms with Crippen LogP contribution in [0.4, 0.5) is 0 Å². The molecule has 3 heterocycles. The van der Waals surface area contributed by atoms with Crippen LogP contribution in [0.2, 0.25) is 0 Å². The highest BCUT2D eigenvalue weighted by Crippen LogP contribution is 2.46. The normalized spacial score (nSPS) is 17.0. The molecule has 4 aromatic rings. The smallest absolute Gasteiger partial charge is 0.231 e. The molecule has 0 atom stereocenters. The summed E-state index contributed by atoms with van der Waals surface area (Å²) >= 11 is 0. The van der Waals surface area contributed by atoms with Crippen molar-refractivity contribution in [2.75, 3.05) is 24.8 Å². The van der Waals surface area contributed by atoms with Crippen molar-refractivity contribution in [1.29, 1.82) is 0 Å². The van der Waals surface area contributed by atoms with Gasteiger partial charge in [-0.2, -0.15) is 10.6 Å². The quantitative estimate of drug-likeness (QED) is 0.186. The van der Waals surface area contributed by atoms with Crippen LogP contribution in [0.3, 0.4) is 0 Å². The predicted molar refractivity (Wildman–Crippen MR) is 170 cm³/mol. The van der Waals surface area contributed by atoms with Crippen molar-refractivity contribution in [3.63, 3.8) is 0 Å². The van der Waals surface area contributed by atoms with E-state index >= 15 is 0 Å². The van der Waals surface area contributed by atoms with Gasteiger partial charge in [-0.25, -0.2) is 4.98 Å². The summed E-state index contributed by atoms with van der Waals surface area (Å²) < 4.78 is 34.2. The van der Waals surface area contributed by atoms with Gasteiger partial charge in [-0.15, -0.1) is 0 Å². The van der Waals surface area contributed by atoms with Crippen LogP contribution in [0, 0.1) is 5.92 Å². The van der Waals surface area contributed by atoms with Gasteiger partial charge < -0.3 is 14.0 Å². The van der Waals surface area contributed by atoms with Gasteiger partial charge in [0.05, 0.1) is 11.4 Å². The van der Waals surface area contributed by atoms with Crippen LogP contribution in [0.5, 0.6) is 11.5 Å². The van der Waals surface area contributed by atoms with Crippen LogP contribution in [0.1, 0.15) is 43.9 Å². The van der Waals surface area contributed by atoms with Crippen LogP contribution >= 0.6 is 10.6 Å². The second kappa shape index (κ2) is 12.9. The fourth-order valence-corrected chi connectivity index (χ4v) is 7.66. The number of benzene rings is 3. The molecular weight excluding hydrogens is 546 g/mol. The zero-order chi connectivity index (χ0) is 28.9. The van der Waals surface area contributed by atoms with Gasteiger partial charge in [0.25, 0.3) is 0 Å². The molecule has 0 unspecified atom stereocenters. The molecule has 0 saturated carbocycles. The van der Waals surface area contributed by atoms with Crippen LogP contribution in [0.25, 0.3) is 22.6 Å². The van der Waals surface area contributed by atoms with E-state index in [4.69, 9.17) is 14.5 Å². The lowest BCUT2D eigenvalue weighted by Crippen LogP contribution is -2.33. The third-order valence-electron chi connectivity index (χ3n) is 8.33. The highest BCUT2D eigenvalue weighted by Gasteiger charge is 2.28. The molecule has 1 saturated heterocycles. The Morgan fingerprint density at radius 2 is 1.57 bits per heavy atom. The summed E-state index contributed by atoms with van der Waals surface area (Å²) in [7, 11) is -2.43. The summed E-state index contributed by atoms with van der Waals surface area (Å²) in [6, 6.07) is 27.2. The zero-order valence-corrected chi connectivity index (χ0v) is 25.1. The molecule has 2 aliphatic heterocycles. The average Bonchev–Trinajstić information content (AvgIpc) is 3.62. The van der Waals surface area contributed by atoms with Gasteiger partial charge in [-0.1, -0.05) is 80.1 Å². The Balaban J connectivity index is 1.39. The highest BCUT2D eigenvalue weighted by molar-refractivity contribution is 8.24. The number of fused-ring (bicyclic) bond motifs is 1. The van der Waals surface area contributed by atoms with Crippen molar-refractivity contribution in [3.8, 4) is 34.1 Å². The molecule has 2 aliphatic rings. The largest absolute Gasteiger partial charge is 0.454 e. The van der Waals surface area contributed by atoms with Crippen molar-refractivity contribution >= 4 is 10.6 Å². The maximum atomic E-state index is 10.3. The molecule has 0 amide bonds. The maximum Gasteiger partial charge on any atom is 0.231 e. The molecule has 1 aromatic heterocycles. The Morgan fingerprint density at radius 3 is 2.29 bits per heavy atom. The summed E-state index contributed by atoms with van der Waals surface area (Å²) in [6.45, 7) is 5.74. The molecule has 0 aliphatic carbocycles. The van der Waals surface area contributed by atoms with E-state index in [0.29, 0.717) is 17.4 Å². The third-order valence-corrected chi connectivity index (χ3v) is 10.1. The lowest BCUT2D eigenvalue weighted by Gasteiger charge is -2.40. The van der Waals surface area contributed by atoms with Crippen LogP contribution in [0.15, 0.2) is 78.9 Å². The van der Waals surface area contributed by atoms with E-state index in [1.165, 1.54) is 11.3 Å². The zero-order valence-electron chi connectivity index (χ0n) is 24.3. The van der Waals surface area contributed by atoms with E-state index in [-0.39, 0.29) is 6.79 Å². The van der Waals surface area contributed by atoms with Crippen molar-refractivity contribution < 1.29 is 18.6 Å². The molecule has 3 aromatic carbocycles. The van der Waals surface area contributed by atoms with E-state index in [2.05, 4.69) is 83.1 Å². The Morgan fingerprint density at radius 1 is 0.881 bits per heavy atom. The highest BCUT2D eigenvalue weighted by atomic mass is 32.3. The van der Waals surface area contributed by atoms with Gasteiger partial charge in [0, 0.05) is 48.8 Å². The van der Waals surface area contributed by atoms with Gasteiger partial charge in [0.1, 0.15) is 5.82 Å². The number of rotatable bonds is 11.